The van der Waals surface area contributed by atoms with Crippen molar-refractivity contribution in [1.82, 2.24) is 14.7 Å². The topological polar surface area (TPSA) is 114 Å². The Kier molecular flexibility index (Phi) is 5.81. The summed E-state index contributed by atoms with van der Waals surface area (Å²) in [5, 5.41) is 15.1. The highest BCUT2D eigenvalue weighted by Gasteiger charge is 2.61. The highest BCUT2D eigenvalue weighted by molar-refractivity contribution is 6.08. The number of carbonyl (C=O) groups is 1. The van der Waals surface area contributed by atoms with E-state index < -0.39 is 11.3 Å². The van der Waals surface area contributed by atoms with Crippen molar-refractivity contribution in [2.75, 3.05) is 25.2 Å². The molecular weight excluding hydrogens is 484 g/mol. The highest BCUT2D eigenvalue weighted by Crippen LogP contribution is 2.56. The monoisotopic (exact) mass is 516 g/mol. The van der Waals surface area contributed by atoms with E-state index in [-0.39, 0.29) is 24.0 Å². The molecule has 9 heteroatoms. The molecule has 1 aliphatic heterocycles. The molecule has 0 spiro atoms. The van der Waals surface area contributed by atoms with Crippen molar-refractivity contribution in [2.24, 2.45) is 5.92 Å². The van der Waals surface area contributed by atoms with E-state index in [1.54, 1.807) is 11.9 Å². The molecule has 2 N–H and O–H groups in total. The van der Waals surface area contributed by atoms with Gasteiger partial charge in [-0.15, -0.1) is 0 Å². The molecule has 0 bridgehead atoms. The quantitative estimate of drug-likeness (QED) is 0.400. The van der Waals surface area contributed by atoms with Gasteiger partial charge >= 0.3 is 5.76 Å². The van der Waals surface area contributed by atoms with Gasteiger partial charge in [0.2, 0.25) is 0 Å². The minimum atomic E-state index is -0.895. The van der Waals surface area contributed by atoms with Gasteiger partial charge in [-0.3, -0.25) is 14.3 Å². The molecule has 2 aliphatic rings. The van der Waals surface area contributed by atoms with E-state index in [0.29, 0.717) is 30.5 Å². The zero-order chi connectivity index (χ0) is 26.7. The zero-order valence-corrected chi connectivity index (χ0v) is 21.8. The van der Waals surface area contributed by atoms with E-state index in [9.17, 15) is 14.7 Å². The van der Waals surface area contributed by atoms with Crippen LogP contribution in [-0.4, -0.2) is 51.6 Å². The van der Waals surface area contributed by atoms with Gasteiger partial charge in [0.05, 0.1) is 5.60 Å². The van der Waals surface area contributed by atoms with Crippen molar-refractivity contribution in [1.29, 1.82) is 0 Å². The predicted octanol–water partition coefficient (Wildman–Crippen LogP) is 4.02. The summed E-state index contributed by atoms with van der Waals surface area (Å²) < 4.78 is 12.7. The molecule has 198 valence electrons. The van der Waals surface area contributed by atoms with Crippen LogP contribution in [0.5, 0.6) is 0 Å². The number of rotatable bonds is 6. The number of aromatic nitrogens is 3. The van der Waals surface area contributed by atoms with Gasteiger partial charge in [0.1, 0.15) is 11.2 Å². The third-order valence-electron chi connectivity index (χ3n) is 8.20. The molecular formula is C29H32N4O5. The van der Waals surface area contributed by atoms with E-state index in [0.717, 1.165) is 29.4 Å². The number of aliphatic hydroxyl groups is 1. The van der Waals surface area contributed by atoms with Crippen LogP contribution in [0.3, 0.4) is 0 Å². The fraction of sp³-hybridized carbons (Fsp3) is 0.414. The molecule has 0 radical (unpaired) electrons. The standard InChI is InChI=1S/C29H32N4O5/c1-28(2)15-19(11-12-37-28)18-9-10-23-20(13-18)14-24(25(35)32(3)22-7-5-4-6-8-22)33(23)29(16-21(29)17-34)26-30-27(36)38-31-26/h4-10,13-14,19,21,34H,11-12,15-17H2,1-3H3,(H,30,31,36)/t19-,21+,29-/m0/s1. The van der Waals surface area contributed by atoms with Gasteiger partial charge < -0.3 is 19.3 Å². The average Bonchev–Trinajstić information content (AvgIpc) is 3.26. The second kappa shape index (κ2) is 8.96. The van der Waals surface area contributed by atoms with Gasteiger partial charge in [0, 0.05) is 42.8 Å². The number of carbonyl (C=O) groups excluding carboxylic acids is 1. The number of para-hydroxylation sites is 1. The Hall–Kier alpha value is -3.69. The number of benzene rings is 2. The van der Waals surface area contributed by atoms with E-state index in [1.807, 2.05) is 47.0 Å². The summed E-state index contributed by atoms with van der Waals surface area (Å²) in [6.07, 6.45) is 2.37. The number of fused-ring (bicyclic) bond motifs is 1. The number of H-pyrrole nitrogens is 1. The Morgan fingerprint density at radius 3 is 2.63 bits per heavy atom. The summed E-state index contributed by atoms with van der Waals surface area (Å²) in [6, 6.07) is 17.7. The fourth-order valence-corrected chi connectivity index (χ4v) is 6.15. The molecule has 1 saturated heterocycles. The van der Waals surface area contributed by atoms with Crippen molar-refractivity contribution in [3.8, 4) is 0 Å². The van der Waals surface area contributed by atoms with Crippen LogP contribution in [0, 0.1) is 5.92 Å². The van der Waals surface area contributed by atoms with Crippen molar-refractivity contribution >= 4 is 22.5 Å². The maximum atomic E-state index is 14.0. The number of anilines is 1. The summed E-state index contributed by atoms with van der Waals surface area (Å²) >= 11 is 0. The summed E-state index contributed by atoms with van der Waals surface area (Å²) in [5.41, 5.74) is 2.18. The molecule has 2 aromatic carbocycles. The third kappa shape index (κ3) is 3.97. The Balaban J connectivity index is 1.52. The first kappa shape index (κ1) is 24.6. The first-order valence-corrected chi connectivity index (χ1v) is 13.0. The Morgan fingerprint density at radius 1 is 1.18 bits per heavy atom. The number of aromatic amines is 1. The predicted molar refractivity (Wildman–Crippen MR) is 143 cm³/mol. The Morgan fingerprint density at radius 2 is 1.97 bits per heavy atom. The number of amides is 1. The number of hydrogen-bond acceptors (Lipinski definition) is 6. The van der Waals surface area contributed by atoms with Gasteiger partial charge in [-0.2, -0.15) is 0 Å². The smallest absolute Gasteiger partial charge is 0.396 e. The van der Waals surface area contributed by atoms with Crippen LogP contribution in [0.4, 0.5) is 5.69 Å². The first-order chi connectivity index (χ1) is 18.2. The van der Waals surface area contributed by atoms with Gasteiger partial charge in [-0.05, 0) is 74.9 Å². The van der Waals surface area contributed by atoms with Gasteiger partial charge in [0.15, 0.2) is 5.82 Å². The average molecular weight is 517 g/mol. The van der Waals surface area contributed by atoms with E-state index in [1.165, 1.54) is 5.56 Å². The number of nitrogens with zero attached hydrogens (tertiary/aromatic N) is 3. The van der Waals surface area contributed by atoms with Crippen LogP contribution in [0.1, 0.15) is 60.9 Å². The zero-order valence-electron chi connectivity index (χ0n) is 21.8. The van der Waals surface area contributed by atoms with Crippen LogP contribution in [-0.2, 0) is 10.3 Å². The molecule has 2 aromatic heterocycles. The lowest BCUT2D eigenvalue weighted by molar-refractivity contribution is -0.0592. The maximum absolute atomic E-state index is 14.0. The number of ether oxygens (including phenoxy) is 1. The largest absolute Gasteiger partial charge is 0.438 e. The summed E-state index contributed by atoms with van der Waals surface area (Å²) in [4.78, 5) is 30.3. The van der Waals surface area contributed by atoms with Crippen molar-refractivity contribution in [3.63, 3.8) is 0 Å². The van der Waals surface area contributed by atoms with Crippen LogP contribution >= 0.6 is 0 Å². The highest BCUT2D eigenvalue weighted by atomic mass is 16.5. The Labute approximate surface area is 220 Å². The van der Waals surface area contributed by atoms with Gasteiger partial charge in [0.25, 0.3) is 5.91 Å². The summed E-state index contributed by atoms with van der Waals surface area (Å²) in [7, 11) is 1.75. The maximum Gasteiger partial charge on any atom is 0.438 e. The van der Waals surface area contributed by atoms with Crippen LogP contribution in [0.15, 0.2) is 63.9 Å². The molecule has 38 heavy (non-hydrogen) atoms. The summed E-state index contributed by atoms with van der Waals surface area (Å²) in [6.45, 7) is 4.83. The second-order valence-corrected chi connectivity index (χ2v) is 11.1. The summed E-state index contributed by atoms with van der Waals surface area (Å²) in [5.74, 6) is -0.438. The van der Waals surface area contributed by atoms with E-state index in [2.05, 4.69) is 36.1 Å². The fourth-order valence-electron chi connectivity index (χ4n) is 6.15. The lowest BCUT2D eigenvalue weighted by Gasteiger charge is -2.35. The minimum Gasteiger partial charge on any atom is -0.396 e. The van der Waals surface area contributed by atoms with Crippen LogP contribution in [0.25, 0.3) is 10.9 Å². The molecule has 6 rings (SSSR count). The SMILES string of the molecule is CN(C(=O)c1cc2cc([C@H]3CCOC(C)(C)C3)ccc2n1[C@@]1(c2noc(=O)[nH]2)C[C@@H]1CO)c1ccccc1. The minimum absolute atomic E-state index is 0.119. The molecule has 3 heterocycles. The van der Waals surface area contributed by atoms with Crippen LogP contribution < -0.4 is 10.7 Å². The van der Waals surface area contributed by atoms with E-state index in [4.69, 9.17) is 9.26 Å². The van der Waals surface area contributed by atoms with Crippen molar-refractivity contribution in [2.45, 2.75) is 50.2 Å². The molecule has 1 saturated carbocycles. The van der Waals surface area contributed by atoms with Crippen molar-refractivity contribution < 1.29 is 19.2 Å². The molecule has 9 nitrogen and oxygen atoms in total. The van der Waals surface area contributed by atoms with E-state index >= 15 is 0 Å². The second-order valence-electron chi connectivity index (χ2n) is 11.1. The Bertz CT molecular complexity index is 1550. The normalized spacial score (nSPS) is 24.4. The molecule has 1 aliphatic carbocycles. The molecule has 1 amide bonds. The van der Waals surface area contributed by atoms with Crippen LogP contribution in [0.2, 0.25) is 0 Å². The first-order valence-electron chi connectivity index (χ1n) is 13.0. The molecule has 4 aromatic rings. The number of aliphatic hydroxyl groups excluding tert-OH is 1. The number of nitrogens with one attached hydrogen (secondary N) is 1. The molecule has 0 unspecified atom stereocenters. The lowest BCUT2D eigenvalue weighted by atomic mass is 9.83. The van der Waals surface area contributed by atoms with Crippen molar-refractivity contribution in [3.05, 3.63) is 82.2 Å². The van der Waals surface area contributed by atoms with Gasteiger partial charge in [-0.1, -0.05) is 29.4 Å². The third-order valence-corrected chi connectivity index (χ3v) is 8.20. The number of hydrogen-bond donors (Lipinski definition) is 2. The van der Waals surface area contributed by atoms with Gasteiger partial charge in [-0.25, -0.2) is 4.79 Å². The lowest BCUT2D eigenvalue weighted by Crippen LogP contribution is -2.33. The molecule has 3 atom stereocenters. The molecule has 2 fully saturated rings.